The number of hydrogen-bond donors (Lipinski definition) is 0. The van der Waals surface area contributed by atoms with E-state index in [9.17, 15) is 4.79 Å². The summed E-state index contributed by atoms with van der Waals surface area (Å²) in [4.78, 5) is 16.4. The van der Waals surface area contributed by atoms with Crippen LogP contribution in [0.25, 0.3) is 0 Å². The first-order valence-corrected chi connectivity index (χ1v) is 7.52. The summed E-state index contributed by atoms with van der Waals surface area (Å²) in [5.74, 6) is 0. The van der Waals surface area contributed by atoms with Crippen molar-refractivity contribution < 1.29 is 0 Å². The molecule has 0 unspecified atom stereocenters. The van der Waals surface area contributed by atoms with Crippen LogP contribution in [0, 0.1) is 0 Å². The Labute approximate surface area is 135 Å². The first-order chi connectivity index (χ1) is 10.5. The Bertz CT molecular complexity index is 670. The molecule has 1 aromatic carbocycles. The van der Waals surface area contributed by atoms with Gasteiger partial charge in [-0.15, -0.1) is 0 Å². The number of benzene rings is 1. The predicted octanol–water partition coefficient (Wildman–Crippen LogP) is 1.94. The van der Waals surface area contributed by atoms with E-state index in [4.69, 9.17) is 11.6 Å². The molecule has 0 aliphatic rings. The van der Waals surface area contributed by atoms with E-state index in [0.717, 1.165) is 18.7 Å². The second-order valence-electron chi connectivity index (χ2n) is 5.52. The number of rotatable bonds is 6. The normalized spacial score (nSPS) is 11.0. The molecule has 2 aromatic rings. The summed E-state index contributed by atoms with van der Waals surface area (Å²) in [6.07, 6.45) is 1.66. The van der Waals surface area contributed by atoms with Crippen LogP contribution < -0.4 is 10.5 Å². The Kier molecular flexibility index (Phi) is 5.57. The molecule has 0 N–H and O–H groups in total. The fraction of sp³-hybridized carbons (Fsp3) is 0.375. The number of halogens is 1. The van der Waals surface area contributed by atoms with Crippen molar-refractivity contribution >= 4 is 17.3 Å². The van der Waals surface area contributed by atoms with Crippen molar-refractivity contribution in [1.29, 1.82) is 0 Å². The molecule has 0 amide bonds. The molecule has 0 spiro atoms. The van der Waals surface area contributed by atoms with Crippen LogP contribution in [-0.4, -0.2) is 48.9 Å². The topological polar surface area (TPSA) is 41.4 Å². The monoisotopic (exact) mass is 320 g/mol. The van der Waals surface area contributed by atoms with Gasteiger partial charge >= 0.3 is 0 Å². The number of likely N-dealkylation sites (N-methyl/N-ethyl adjacent to an activating group) is 2. The maximum Gasteiger partial charge on any atom is 0.287 e. The van der Waals surface area contributed by atoms with Crippen molar-refractivity contribution in [1.82, 2.24) is 14.7 Å². The molecular weight excluding hydrogens is 300 g/mol. The van der Waals surface area contributed by atoms with E-state index in [0.29, 0.717) is 12.2 Å². The molecule has 0 saturated carbocycles. The molecule has 5 nitrogen and oxygen atoms in total. The van der Waals surface area contributed by atoms with Crippen LogP contribution in [0.2, 0.25) is 5.02 Å². The molecule has 1 heterocycles. The number of aromatic nitrogens is 2. The van der Waals surface area contributed by atoms with Gasteiger partial charge < -0.3 is 9.80 Å². The molecule has 118 valence electrons. The lowest BCUT2D eigenvalue weighted by Crippen LogP contribution is -2.31. The van der Waals surface area contributed by atoms with Gasteiger partial charge in [0.05, 0.1) is 18.4 Å². The van der Waals surface area contributed by atoms with Crippen LogP contribution in [-0.2, 0) is 6.54 Å². The third-order valence-corrected chi connectivity index (χ3v) is 3.79. The summed E-state index contributed by atoms with van der Waals surface area (Å²) >= 11 is 6.25. The van der Waals surface area contributed by atoms with E-state index < -0.39 is 0 Å². The van der Waals surface area contributed by atoms with Crippen molar-refractivity contribution in [3.63, 3.8) is 0 Å². The molecule has 0 aliphatic carbocycles. The van der Waals surface area contributed by atoms with E-state index in [2.05, 4.69) is 10.00 Å². The average Bonchev–Trinajstić information content (AvgIpc) is 2.51. The van der Waals surface area contributed by atoms with E-state index >= 15 is 0 Å². The number of hydrogen-bond acceptors (Lipinski definition) is 4. The maximum atomic E-state index is 12.4. The van der Waals surface area contributed by atoms with Crippen LogP contribution in [0.5, 0.6) is 0 Å². The largest absolute Gasteiger partial charge is 0.371 e. The van der Waals surface area contributed by atoms with E-state index in [1.807, 2.05) is 56.4 Å². The lowest BCUT2D eigenvalue weighted by molar-refractivity contribution is 0.416. The molecule has 2 rings (SSSR count). The molecule has 0 bridgehead atoms. The maximum absolute atomic E-state index is 12.4. The Hall–Kier alpha value is -1.85. The third-order valence-electron chi connectivity index (χ3n) is 3.44. The van der Waals surface area contributed by atoms with Crippen LogP contribution in [0.3, 0.4) is 0 Å². The highest BCUT2D eigenvalue weighted by molar-refractivity contribution is 6.33. The summed E-state index contributed by atoms with van der Waals surface area (Å²) in [5, 5.41) is 4.46. The van der Waals surface area contributed by atoms with Gasteiger partial charge in [-0.3, -0.25) is 4.79 Å². The van der Waals surface area contributed by atoms with Gasteiger partial charge in [-0.2, -0.15) is 5.10 Å². The average molecular weight is 321 g/mol. The smallest absolute Gasteiger partial charge is 0.287 e. The Morgan fingerprint density at radius 1 is 1.14 bits per heavy atom. The standard InChI is InChI=1S/C16H21ClN4O/c1-19(2)9-10-20(3)14-11-18-21(16(22)15(14)17)12-13-7-5-4-6-8-13/h4-8,11H,9-10,12H2,1-3H3. The van der Waals surface area contributed by atoms with Gasteiger partial charge in [-0.1, -0.05) is 41.9 Å². The van der Waals surface area contributed by atoms with Crippen molar-refractivity contribution in [2.75, 3.05) is 39.1 Å². The lowest BCUT2D eigenvalue weighted by Gasteiger charge is -2.22. The van der Waals surface area contributed by atoms with Gasteiger partial charge in [-0.25, -0.2) is 4.68 Å². The minimum atomic E-state index is -0.264. The summed E-state index contributed by atoms with van der Waals surface area (Å²) in [6.45, 7) is 2.07. The second kappa shape index (κ2) is 7.42. The van der Waals surface area contributed by atoms with Gasteiger partial charge in [-0.05, 0) is 19.7 Å². The first-order valence-electron chi connectivity index (χ1n) is 7.14. The van der Waals surface area contributed by atoms with Gasteiger partial charge in [0, 0.05) is 20.1 Å². The van der Waals surface area contributed by atoms with Crippen molar-refractivity contribution in [3.8, 4) is 0 Å². The van der Waals surface area contributed by atoms with Crippen molar-refractivity contribution in [3.05, 3.63) is 57.5 Å². The number of nitrogens with zero attached hydrogens (tertiary/aromatic N) is 4. The van der Waals surface area contributed by atoms with Crippen LogP contribution >= 0.6 is 11.6 Å². The Morgan fingerprint density at radius 3 is 2.45 bits per heavy atom. The zero-order valence-electron chi connectivity index (χ0n) is 13.2. The zero-order chi connectivity index (χ0) is 16.1. The molecule has 0 radical (unpaired) electrons. The van der Waals surface area contributed by atoms with Crippen LogP contribution in [0.1, 0.15) is 5.56 Å². The lowest BCUT2D eigenvalue weighted by atomic mass is 10.2. The molecular formula is C16H21ClN4O. The fourth-order valence-corrected chi connectivity index (χ4v) is 2.35. The molecule has 22 heavy (non-hydrogen) atoms. The first kappa shape index (κ1) is 16.5. The molecule has 0 saturated heterocycles. The quantitative estimate of drug-likeness (QED) is 0.815. The SMILES string of the molecule is CN(C)CCN(C)c1cnn(Cc2ccccc2)c(=O)c1Cl. The van der Waals surface area contributed by atoms with Gasteiger partial charge in [0.25, 0.3) is 5.56 Å². The summed E-state index contributed by atoms with van der Waals surface area (Å²) < 4.78 is 1.39. The highest BCUT2D eigenvalue weighted by atomic mass is 35.5. The number of anilines is 1. The molecule has 6 heteroatoms. The fourth-order valence-electron chi connectivity index (χ4n) is 2.06. The summed E-state index contributed by atoms with van der Waals surface area (Å²) in [5.41, 5.74) is 1.42. The molecule has 0 atom stereocenters. The minimum Gasteiger partial charge on any atom is -0.371 e. The van der Waals surface area contributed by atoms with Crippen molar-refractivity contribution in [2.24, 2.45) is 0 Å². The summed E-state index contributed by atoms with van der Waals surface area (Å²) in [6, 6.07) is 9.73. The molecule has 0 fully saturated rings. The zero-order valence-corrected chi connectivity index (χ0v) is 13.9. The molecule has 0 aliphatic heterocycles. The van der Waals surface area contributed by atoms with Crippen LogP contribution in [0.15, 0.2) is 41.3 Å². The third kappa shape index (κ3) is 4.08. The molecule has 1 aromatic heterocycles. The minimum absolute atomic E-state index is 0.215. The van der Waals surface area contributed by atoms with E-state index in [1.54, 1.807) is 6.20 Å². The summed E-state index contributed by atoms with van der Waals surface area (Å²) in [7, 11) is 5.92. The predicted molar refractivity (Wildman–Crippen MR) is 90.9 cm³/mol. The van der Waals surface area contributed by atoms with Crippen molar-refractivity contribution in [2.45, 2.75) is 6.54 Å². The van der Waals surface area contributed by atoms with Gasteiger partial charge in [0.15, 0.2) is 0 Å². The van der Waals surface area contributed by atoms with Gasteiger partial charge in [0.2, 0.25) is 0 Å². The van der Waals surface area contributed by atoms with E-state index in [1.165, 1.54) is 4.68 Å². The Balaban J connectivity index is 2.20. The second-order valence-corrected chi connectivity index (χ2v) is 5.89. The highest BCUT2D eigenvalue weighted by Gasteiger charge is 2.13. The van der Waals surface area contributed by atoms with Crippen LogP contribution in [0.4, 0.5) is 5.69 Å². The highest BCUT2D eigenvalue weighted by Crippen LogP contribution is 2.19. The van der Waals surface area contributed by atoms with Gasteiger partial charge in [0.1, 0.15) is 5.02 Å². The Morgan fingerprint density at radius 2 is 1.82 bits per heavy atom. The van der Waals surface area contributed by atoms with E-state index in [-0.39, 0.29) is 10.6 Å².